The average Bonchev–Trinajstić information content (AvgIpc) is 2.75. The molecule has 0 unspecified atom stereocenters. The van der Waals surface area contributed by atoms with Crippen LogP contribution in [-0.2, 0) is 28.6 Å². The average molecular weight is 462 g/mol. The predicted octanol–water partition coefficient (Wildman–Crippen LogP) is 3.53. The number of Topliss-reactive ketones (excluding diaryl/α,β-unsaturated/α-hetero) is 1. The number of carbonyl (C=O) groups is 3. The lowest BCUT2D eigenvalue weighted by Crippen LogP contribution is -2.43. The van der Waals surface area contributed by atoms with Gasteiger partial charge in [-0.05, 0) is 43.9 Å². The molecule has 1 aliphatic heterocycles. The lowest BCUT2D eigenvalue weighted by atomic mass is 9.69. The van der Waals surface area contributed by atoms with Crippen molar-refractivity contribution in [3.63, 3.8) is 0 Å². The highest BCUT2D eigenvalue weighted by molar-refractivity contribution is 6.30. The van der Waals surface area contributed by atoms with Crippen LogP contribution in [0, 0.1) is 11.8 Å². The van der Waals surface area contributed by atoms with Crippen molar-refractivity contribution in [3.8, 4) is 0 Å². The second-order valence-corrected chi connectivity index (χ2v) is 8.36. The van der Waals surface area contributed by atoms with Crippen LogP contribution in [0.1, 0.15) is 38.7 Å². The Bertz CT molecular complexity index is 982. The second kappa shape index (κ2) is 10.3. The number of nitrogens with one attached hydrogen (secondary N) is 1. The topological polar surface area (TPSA) is 90.9 Å². The summed E-state index contributed by atoms with van der Waals surface area (Å²) in [6.07, 6.45) is 0.474. The molecule has 7 nitrogen and oxygen atoms in total. The van der Waals surface area contributed by atoms with Gasteiger partial charge in [0.15, 0.2) is 5.78 Å². The summed E-state index contributed by atoms with van der Waals surface area (Å²) in [6, 6.07) is 7.02. The van der Waals surface area contributed by atoms with Gasteiger partial charge in [-0.15, -0.1) is 0 Å². The van der Waals surface area contributed by atoms with Crippen molar-refractivity contribution in [3.05, 3.63) is 57.4 Å². The predicted molar refractivity (Wildman–Crippen MR) is 119 cm³/mol. The molecule has 1 aromatic carbocycles. The number of hydrogen-bond acceptors (Lipinski definition) is 7. The van der Waals surface area contributed by atoms with Crippen LogP contribution in [0.5, 0.6) is 0 Å². The van der Waals surface area contributed by atoms with E-state index in [0.29, 0.717) is 46.2 Å². The molecule has 0 aromatic heterocycles. The Morgan fingerprint density at radius 1 is 1.25 bits per heavy atom. The molecule has 1 aromatic rings. The number of ketones is 1. The molecule has 1 heterocycles. The molecule has 0 amide bonds. The van der Waals surface area contributed by atoms with Gasteiger partial charge in [0.25, 0.3) is 0 Å². The Morgan fingerprint density at radius 2 is 2.00 bits per heavy atom. The fourth-order valence-corrected chi connectivity index (χ4v) is 4.58. The normalized spacial score (nSPS) is 22.9. The van der Waals surface area contributed by atoms with Crippen LogP contribution < -0.4 is 5.32 Å². The number of rotatable bonds is 7. The Morgan fingerprint density at radius 3 is 2.66 bits per heavy atom. The van der Waals surface area contributed by atoms with E-state index >= 15 is 0 Å². The van der Waals surface area contributed by atoms with E-state index in [1.165, 1.54) is 7.11 Å². The number of methoxy groups -OCH3 is 1. The first-order valence-electron chi connectivity index (χ1n) is 10.6. The van der Waals surface area contributed by atoms with Crippen molar-refractivity contribution in [2.45, 2.75) is 33.1 Å². The van der Waals surface area contributed by atoms with E-state index in [-0.39, 0.29) is 24.9 Å². The summed E-state index contributed by atoms with van der Waals surface area (Å²) in [5.41, 5.74) is 2.67. The van der Waals surface area contributed by atoms with E-state index in [1.807, 2.05) is 19.9 Å². The molecule has 0 saturated heterocycles. The number of esters is 2. The minimum Gasteiger partial charge on any atom is -0.468 e. The standard InChI is InChI=1S/C24H28ClNO6/c1-5-31-9-10-32-24(29)19-14(3)26-17-11-13(2)18(23(28)30-4)22(27)21(17)20(19)15-7-6-8-16(25)12-15/h6-8,12-13,18,20,26H,5,9-11H2,1-4H3/t13-,18+,20-/m0/s1. The summed E-state index contributed by atoms with van der Waals surface area (Å²) in [4.78, 5) is 39.1. The zero-order valence-electron chi connectivity index (χ0n) is 18.7. The van der Waals surface area contributed by atoms with E-state index in [0.717, 1.165) is 0 Å². The van der Waals surface area contributed by atoms with E-state index in [2.05, 4.69) is 5.32 Å². The third-order valence-electron chi connectivity index (χ3n) is 5.81. The van der Waals surface area contributed by atoms with Gasteiger partial charge in [-0.2, -0.15) is 0 Å². The molecule has 2 aliphatic rings. The van der Waals surface area contributed by atoms with Crippen LogP contribution in [0.15, 0.2) is 46.8 Å². The molecule has 32 heavy (non-hydrogen) atoms. The van der Waals surface area contributed by atoms with Crippen molar-refractivity contribution in [2.75, 3.05) is 26.9 Å². The van der Waals surface area contributed by atoms with Crippen molar-refractivity contribution < 1.29 is 28.6 Å². The second-order valence-electron chi connectivity index (χ2n) is 7.92. The van der Waals surface area contributed by atoms with Gasteiger partial charge in [0, 0.05) is 34.5 Å². The first-order valence-corrected chi connectivity index (χ1v) is 11.0. The van der Waals surface area contributed by atoms with Crippen LogP contribution in [0.3, 0.4) is 0 Å². The Kier molecular flexibility index (Phi) is 7.74. The van der Waals surface area contributed by atoms with Crippen molar-refractivity contribution >= 4 is 29.3 Å². The Labute approximate surface area is 192 Å². The number of halogens is 1. The van der Waals surface area contributed by atoms with Gasteiger partial charge >= 0.3 is 11.9 Å². The summed E-state index contributed by atoms with van der Waals surface area (Å²) in [5.74, 6) is -3.37. The number of carbonyl (C=O) groups excluding carboxylic acids is 3. The first kappa shape index (κ1) is 24.0. The monoisotopic (exact) mass is 461 g/mol. The number of ether oxygens (including phenoxy) is 3. The molecule has 8 heteroatoms. The van der Waals surface area contributed by atoms with Crippen LogP contribution in [0.2, 0.25) is 5.02 Å². The minimum absolute atomic E-state index is 0.0907. The Hall–Kier alpha value is -2.64. The fourth-order valence-electron chi connectivity index (χ4n) is 4.39. The maximum absolute atomic E-state index is 13.6. The number of dihydropyridines is 1. The van der Waals surface area contributed by atoms with E-state index in [9.17, 15) is 14.4 Å². The number of benzene rings is 1. The molecule has 0 radical (unpaired) electrons. The maximum atomic E-state index is 13.6. The molecule has 0 fully saturated rings. The van der Waals surface area contributed by atoms with Crippen molar-refractivity contribution in [1.29, 1.82) is 0 Å². The number of allylic oxidation sites excluding steroid dienone is 3. The third kappa shape index (κ3) is 4.74. The summed E-state index contributed by atoms with van der Waals surface area (Å²) >= 11 is 6.24. The lowest BCUT2D eigenvalue weighted by molar-refractivity contribution is -0.151. The summed E-state index contributed by atoms with van der Waals surface area (Å²) in [7, 11) is 1.27. The zero-order valence-corrected chi connectivity index (χ0v) is 19.5. The van der Waals surface area contributed by atoms with E-state index in [1.54, 1.807) is 25.1 Å². The van der Waals surface area contributed by atoms with Gasteiger partial charge in [-0.25, -0.2) is 4.79 Å². The van der Waals surface area contributed by atoms with Crippen molar-refractivity contribution in [1.82, 2.24) is 5.32 Å². The number of hydrogen-bond donors (Lipinski definition) is 1. The largest absolute Gasteiger partial charge is 0.468 e. The molecule has 1 N–H and O–H groups in total. The zero-order chi connectivity index (χ0) is 23.4. The van der Waals surface area contributed by atoms with Crippen LogP contribution in [-0.4, -0.2) is 44.7 Å². The molecule has 0 saturated carbocycles. The minimum atomic E-state index is -0.934. The Balaban J connectivity index is 2.07. The summed E-state index contributed by atoms with van der Waals surface area (Å²) < 4.78 is 15.6. The molecular weight excluding hydrogens is 434 g/mol. The van der Waals surface area contributed by atoms with Crippen LogP contribution in [0.25, 0.3) is 0 Å². The van der Waals surface area contributed by atoms with Gasteiger partial charge in [0.1, 0.15) is 12.5 Å². The summed E-state index contributed by atoms with van der Waals surface area (Å²) in [6.45, 7) is 6.36. The van der Waals surface area contributed by atoms with Gasteiger partial charge < -0.3 is 19.5 Å². The molecule has 172 valence electrons. The fraction of sp³-hybridized carbons (Fsp3) is 0.458. The van der Waals surface area contributed by atoms with Crippen molar-refractivity contribution in [2.24, 2.45) is 11.8 Å². The molecular formula is C24H28ClNO6. The molecule has 0 bridgehead atoms. The quantitative estimate of drug-likeness (QED) is 0.377. The highest BCUT2D eigenvalue weighted by Gasteiger charge is 2.47. The highest BCUT2D eigenvalue weighted by atomic mass is 35.5. The van der Waals surface area contributed by atoms with Gasteiger partial charge in [0.05, 0.1) is 19.3 Å². The molecule has 0 spiro atoms. The SMILES string of the molecule is CCOCCOC(=O)C1=C(C)NC2=C(C(=O)[C@H](C(=O)OC)[C@@H](C)C2)[C@H]1c1cccc(Cl)c1. The van der Waals surface area contributed by atoms with Gasteiger partial charge in [-0.1, -0.05) is 30.7 Å². The first-order chi connectivity index (χ1) is 15.3. The van der Waals surface area contributed by atoms with E-state index < -0.39 is 23.8 Å². The van der Waals surface area contributed by atoms with E-state index in [4.69, 9.17) is 25.8 Å². The summed E-state index contributed by atoms with van der Waals surface area (Å²) in [5, 5.41) is 3.70. The highest BCUT2D eigenvalue weighted by Crippen LogP contribution is 2.45. The smallest absolute Gasteiger partial charge is 0.336 e. The van der Waals surface area contributed by atoms with Crippen LogP contribution in [0.4, 0.5) is 0 Å². The molecule has 3 rings (SSSR count). The lowest BCUT2D eigenvalue weighted by Gasteiger charge is -2.38. The molecule has 1 aliphatic carbocycles. The van der Waals surface area contributed by atoms with Gasteiger partial charge in [-0.3, -0.25) is 9.59 Å². The third-order valence-corrected chi connectivity index (χ3v) is 6.05. The maximum Gasteiger partial charge on any atom is 0.336 e. The molecule has 3 atom stereocenters. The van der Waals surface area contributed by atoms with Gasteiger partial charge in [0.2, 0.25) is 0 Å². The van der Waals surface area contributed by atoms with Crippen LogP contribution >= 0.6 is 11.6 Å².